The van der Waals surface area contributed by atoms with Crippen LogP contribution in [0.1, 0.15) is 24.0 Å². The van der Waals surface area contributed by atoms with Crippen molar-refractivity contribution < 1.29 is 14.3 Å². The number of para-hydroxylation sites is 2. The fourth-order valence-electron chi connectivity index (χ4n) is 2.98. The predicted octanol–water partition coefficient (Wildman–Crippen LogP) is 3.98. The first kappa shape index (κ1) is 14.4. The fraction of sp³-hybridized carbons (Fsp3) is 0.211. The standard InChI is InChI=1S/C19H18O3/c1-21-17-9-5-3-7-13(17)14-11-12-16(20)19(14)15-8-4-6-10-18(15)22-2/h3-10H,11-12H2,1-2H3. The zero-order chi connectivity index (χ0) is 15.5. The molecule has 0 aromatic heterocycles. The summed E-state index contributed by atoms with van der Waals surface area (Å²) in [4.78, 5) is 12.5. The number of hydrogen-bond acceptors (Lipinski definition) is 3. The van der Waals surface area contributed by atoms with E-state index < -0.39 is 0 Å². The number of ether oxygens (including phenoxy) is 2. The van der Waals surface area contributed by atoms with Crippen molar-refractivity contribution in [1.82, 2.24) is 0 Å². The summed E-state index contributed by atoms with van der Waals surface area (Å²) in [6.45, 7) is 0. The van der Waals surface area contributed by atoms with Gasteiger partial charge >= 0.3 is 0 Å². The largest absolute Gasteiger partial charge is 0.496 e. The zero-order valence-electron chi connectivity index (χ0n) is 12.8. The lowest BCUT2D eigenvalue weighted by Gasteiger charge is -2.13. The van der Waals surface area contributed by atoms with Gasteiger partial charge in [-0.15, -0.1) is 0 Å². The maximum absolute atomic E-state index is 12.5. The molecule has 0 saturated carbocycles. The summed E-state index contributed by atoms with van der Waals surface area (Å²) in [5.74, 6) is 1.67. The van der Waals surface area contributed by atoms with Gasteiger partial charge in [0.15, 0.2) is 5.78 Å². The van der Waals surface area contributed by atoms with Crippen molar-refractivity contribution in [3.63, 3.8) is 0 Å². The second-order valence-corrected chi connectivity index (χ2v) is 5.18. The molecular formula is C19H18O3. The Balaban J connectivity index is 2.23. The van der Waals surface area contributed by atoms with Crippen LogP contribution in [0.5, 0.6) is 11.5 Å². The Morgan fingerprint density at radius 2 is 1.32 bits per heavy atom. The summed E-state index contributed by atoms with van der Waals surface area (Å²) in [6.07, 6.45) is 1.26. The van der Waals surface area contributed by atoms with Gasteiger partial charge in [-0.3, -0.25) is 4.79 Å². The number of carbonyl (C=O) groups is 1. The molecule has 2 aromatic carbocycles. The first-order chi connectivity index (χ1) is 10.8. The number of benzene rings is 2. The average Bonchev–Trinajstić information content (AvgIpc) is 2.96. The number of hydrogen-bond donors (Lipinski definition) is 0. The molecule has 3 nitrogen and oxygen atoms in total. The van der Waals surface area contributed by atoms with E-state index in [1.807, 2.05) is 48.5 Å². The van der Waals surface area contributed by atoms with Gasteiger partial charge in [-0.2, -0.15) is 0 Å². The van der Waals surface area contributed by atoms with Crippen LogP contribution in [0.15, 0.2) is 48.5 Å². The molecule has 1 aliphatic carbocycles. The molecule has 2 aromatic rings. The summed E-state index contributed by atoms with van der Waals surface area (Å²) in [5, 5.41) is 0. The molecule has 0 bridgehead atoms. The van der Waals surface area contributed by atoms with Crippen LogP contribution in [-0.2, 0) is 4.79 Å². The number of allylic oxidation sites excluding steroid dienone is 2. The molecule has 22 heavy (non-hydrogen) atoms. The number of ketones is 1. The minimum absolute atomic E-state index is 0.158. The van der Waals surface area contributed by atoms with Crippen LogP contribution in [0.25, 0.3) is 11.1 Å². The van der Waals surface area contributed by atoms with E-state index in [4.69, 9.17) is 9.47 Å². The molecule has 1 aliphatic rings. The van der Waals surface area contributed by atoms with Crippen molar-refractivity contribution in [3.8, 4) is 11.5 Å². The highest BCUT2D eigenvalue weighted by atomic mass is 16.5. The minimum Gasteiger partial charge on any atom is -0.496 e. The van der Waals surface area contributed by atoms with Crippen LogP contribution < -0.4 is 9.47 Å². The maximum Gasteiger partial charge on any atom is 0.164 e. The summed E-state index contributed by atoms with van der Waals surface area (Å²) in [5.41, 5.74) is 3.62. The SMILES string of the molecule is COc1ccccc1C1=C(c2ccccc2OC)C(=O)CC1. The highest BCUT2D eigenvalue weighted by Crippen LogP contribution is 2.42. The molecule has 0 radical (unpaired) electrons. The lowest BCUT2D eigenvalue weighted by atomic mass is 9.95. The second-order valence-electron chi connectivity index (χ2n) is 5.18. The van der Waals surface area contributed by atoms with Crippen molar-refractivity contribution in [3.05, 3.63) is 59.7 Å². The molecule has 0 aliphatic heterocycles. The molecule has 0 amide bonds. The number of carbonyl (C=O) groups excluding carboxylic acids is 1. The van der Waals surface area contributed by atoms with Crippen molar-refractivity contribution in [1.29, 1.82) is 0 Å². The van der Waals surface area contributed by atoms with Crippen molar-refractivity contribution in [2.45, 2.75) is 12.8 Å². The number of rotatable bonds is 4. The van der Waals surface area contributed by atoms with Gasteiger partial charge < -0.3 is 9.47 Å². The Kier molecular flexibility index (Phi) is 3.96. The molecule has 3 rings (SSSR count). The smallest absolute Gasteiger partial charge is 0.164 e. The van der Waals surface area contributed by atoms with E-state index in [1.54, 1.807) is 14.2 Å². The molecular weight excluding hydrogens is 276 g/mol. The van der Waals surface area contributed by atoms with E-state index >= 15 is 0 Å². The Bertz CT molecular complexity index is 744. The van der Waals surface area contributed by atoms with Gasteiger partial charge in [-0.05, 0) is 24.1 Å². The van der Waals surface area contributed by atoms with E-state index in [2.05, 4.69) is 0 Å². The van der Waals surface area contributed by atoms with Crippen LogP contribution in [-0.4, -0.2) is 20.0 Å². The summed E-state index contributed by atoms with van der Waals surface area (Å²) in [6, 6.07) is 15.5. The van der Waals surface area contributed by atoms with Gasteiger partial charge in [0.1, 0.15) is 11.5 Å². The fourth-order valence-corrected chi connectivity index (χ4v) is 2.98. The maximum atomic E-state index is 12.5. The van der Waals surface area contributed by atoms with E-state index in [0.29, 0.717) is 6.42 Å². The topological polar surface area (TPSA) is 35.5 Å². The molecule has 0 atom stereocenters. The van der Waals surface area contributed by atoms with Crippen molar-refractivity contribution >= 4 is 16.9 Å². The Morgan fingerprint density at radius 3 is 1.95 bits per heavy atom. The van der Waals surface area contributed by atoms with Gasteiger partial charge in [-0.1, -0.05) is 36.4 Å². The molecule has 112 valence electrons. The Hall–Kier alpha value is -2.55. The highest BCUT2D eigenvalue weighted by Gasteiger charge is 2.28. The Labute approximate surface area is 130 Å². The Morgan fingerprint density at radius 1 is 0.773 bits per heavy atom. The second kappa shape index (κ2) is 6.06. The number of Topliss-reactive ketones (excluding diaryl/α,β-unsaturated/α-hetero) is 1. The van der Waals surface area contributed by atoms with Crippen LogP contribution in [0, 0.1) is 0 Å². The van der Waals surface area contributed by atoms with E-state index in [9.17, 15) is 4.79 Å². The van der Waals surface area contributed by atoms with Crippen LogP contribution in [0.2, 0.25) is 0 Å². The average molecular weight is 294 g/mol. The molecule has 0 spiro atoms. The molecule has 0 unspecified atom stereocenters. The lowest BCUT2D eigenvalue weighted by molar-refractivity contribution is -0.113. The normalized spacial score (nSPS) is 14.4. The van der Waals surface area contributed by atoms with Crippen LogP contribution in [0.3, 0.4) is 0 Å². The van der Waals surface area contributed by atoms with Gasteiger partial charge in [0.2, 0.25) is 0 Å². The van der Waals surface area contributed by atoms with Crippen molar-refractivity contribution in [2.24, 2.45) is 0 Å². The molecule has 0 N–H and O–H groups in total. The van der Waals surface area contributed by atoms with E-state index in [0.717, 1.165) is 40.2 Å². The monoisotopic (exact) mass is 294 g/mol. The summed E-state index contributed by atoms with van der Waals surface area (Å²) >= 11 is 0. The third-order valence-corrected chi connectivity index (χ3v) is 3.99. The molecule has 3 heteroatoms. The third kappa shape index (κ3) is 2.39. The van der Waals surface area contributed by atoms with Crippen LogP contribution >= 0.6 is 0 Å². The predicted molar refractivity (Wildman–Crippen MR) is 87.0 cm³/mol. The molecule has 0 heterocycles. The lowest BCUT2D eigenvalue weighted by Crippen LogP contribution is -1.99. The first-order valence-corrected chi connectivity index (χ1v) is 7.29. The minimum atomic E-state index is 0.158. The quantitative estimate of drug-likeness (QED) is 0.855. The van der Waals surface area contributed by atoms with E-state index in [-0.39, 0.29) is 5.78 Å². The third-order valence-electron chi connectivity index (χ3n) is 3.99. The zero-order valence-corrected chi connectivity index (χ0v) is 12.8. The van der Waals surface area contributed by atoms with Crippen LogP contribution in [0.4, 0.5) is 0 Å². The van der Waals surface area contributed by atoms with Gasteiger partial charge in [0, 0.05) is 23.1 Å². The summed E-state index contributed by atoms with van der Waals surface area (Å²) in [7, 11) is 3.28. The van der Waals surface area contributed by atoms with Gasteiger partial charge in [0.25, 0.3) is 0 Å². The molecule has 0 saturated heterocycles. The summed E-state index contributed by atoms with van der Waals surface area (Å²) < 4.78 is 10.9. The molecule has 0 fully saturated rings. The number of methoxy groups -OCH3 is 2. The van der Waals surface area contributed by atoms with E-state index in [1.165, 1.54) is 0 Å². The highest BCUT2D eigenvalue weighted by molar-refractivity contribution is 6.31. The first-order valence-electron chi connectivity index (χ1n) is 7.29. The van der Waals surface area contributed by atoms with Gasteiger partial charge in [0.05, 0.1) is 14.2 Å². The van der Waals surface area contributed by atoms with Crippen molar-refractivity contribution in [2.75, 3.05) is 14.2 Å². The van der Waals surface area contributed by atoms with Gasteiger partial charge in [-0.25, -0.2) is 0 Å².